The van der Waals surface area contributed by atoms with E-state index in [2.05, 4.69) is 4.98 Å². The summed E-state index contributed by atoms with van der Waals surface area (Å²) in [6.45, 7) is 3.39. The minimum atomic E-state index is 0. The molecule has 0 bridgehead atoms. The maximum atomic E-state index is 12.9. The number of piperidine rings is 2. The lowest BCUT2D eigenvalue weighted by Crippen LogP contribution is -2.52. The molecule has 0 aliphatic carbocycles. The van der Waals surface area contributed by atoms with E-state index in [0.29, 0.717) is 19.5 Å². The van der Waals surface area contributed by atoms with E-state index < -0.39 is 0 Å². The minimum absolute atomic E-state index is 0. The molecule has 0 radical (unpaired) electrons. The maximum Gasteiger partial charge on any atom is 0.253 e. The molecule has 2 amide bonds. The molecular weight excluding hydrogens is 435 g/mol. The van der Waals surface area contributed by atoms with Crippen molar-refractivity contribution >= 4 is 36.6 Å². The fraction of sp³-hybridized carbons (Fsp3) is 0.435. The summed E-state index contributed by atoms with van der Waals surface area (Å²) < 4.78 is 0. The Balaban J connectivity index is 0.00000171. The molecule has 1 aromatic heterocycles. The van der Waals surface area contributed by atoms with Crippen LogP contribution in [0.5, 0.6) is 0 Å². The number of hydrogen-bond acceptors (Lipinski definition) is 4. The van der Waals surface area contributed by atoms with Crippen LogP contribution in [0.1, 0.15) is 47.2 Å². The molecule has 31 heavy (non-hydrogen) atoms. The van der Waals surface area contributed by atoms with Crippen LogP contribution < -0.4 is 5.73 Å². The molecule has 0 saturated carbocycles. The van der Waals surface area contributed by atoms with Crippen molar-refractivity contribution in [2.75, 3.05) is 19.6 Å². The number of nitrogens with zero attached hydrogens (tertiary/aromatic N) is 3. The number of hydrogen-bond donors (Lipinski definition) is 1. The summed E-state index contributed by atoms with van der Waals surface area (Å²) in [5, 5.41) is 0. The Morgan fingerprint density at radius 1 is 0.968 bits per heavy atom. The van der Waals surface area contributed by atoms with Crippen molar-refractivity contribution in [1.29, 1.82) is 0 Å². The molecule has 168 valence electrons. The molecule has 2 aliphatic heterocycles. The fourth-order valence-corrected chi connectivity index (χ4v) is 4.51. The minimum Gasteiger partial charge on any atom is -0.339 e. The summed E-state index contributed by atoms with van der Waals surface area (Å²) in [4.78, 5) is 33.3. The van der Waals surface area contributed by atoms with Crippen LogP contribution in [0.4, 0.5) is 0 Å². The van der Waals surface area contributed by atoms with Gasteiger partial charge in [-0.1, -0.05) is 12.1 Å². The van der Waals surface area contributed by atoms with E-state index in [1.54, 1.807) is 12.4 Å². The molecular formula is C23H30Cl2N4O2. The average molecular weight is 465 g/mol. The van der Waals surface area contributed by atoms with Crippen molar-refractivity contribution in [2.24, 2.45) is 11.1 Å². The summed E-state index contributed by atoms with van der Waals surface area (Å²) >= 11 is 0. The summed E-state index contributed by atoms with van der Waals surface area (Å²) in [7, 11) is 0. The van der Waals surface area contributed by atoms with Gasteiger partial charge in [-0.05, 0) is 60.1 Å². The van der Waals surface area contributed by atoms with Crippen LogP contribution in [-0.4, -0.2) is 46.2 Å². The predicted molar refractivity (Wildman–Crippen MR) is 125 cm³/mol. The number of aromatic nitrogens is 1. The molecule has 4 rings (SSSR count). The number of carbonyl (C=O) groups is 2. The van der Waals surface area contributed by atoms with Gasteiger partial charge in [-0.15, -0.1) is 24.8 Å². The van der Waals surface area contributed by atoms with E-state index in [0.717, 1.165) is 55.6 Å². The Labute approximate surface area is 196 Å². The standard InChI is InChI=1S/C23H28N4O2.2ClH/c24-15-18-1-3-20(4-2-18)22(29)26-13-9-23(10-14-26)8-5-21(28)27(17-23)16-19-6-11-25-12-7-19;;/h1-4,6-7,11-12H,5,8-10,13-17,24H2;2*1H. The summed E-state index contributed by atoms with van der Waals surface area (Å²) in [6.07, 6.45) is 6.94. The molecule has 2 fully saturated rings. The van der Waals surface area contributed by atoms with Crippen LogP contribution in [0.3, 0.4) is 0 Å². The number of rotatable bonds is 4. The maximum absolute atomic E-state index is 12.9. The number of carbonyl (C=O) groups excluding carboxylic acids is 2. The number of nitrogens with two attached hydrogens (primary N) is 1. The van der Waals surface area contributed by atoms with Gasteiger partial charge in [0.25, 0.3) is 5.91 Å². The Bertz CT molecular complexity index is 869. The third kappa shape index (κ3) is 5.76. The van der Waals surface area contributed by atoms with Gasteiger partial charge in [-0.25, -0.2) is 0 Å². The highest BCUT2D eigenvalue weighted by atomic mass is 35.5. The topological polar surface area (TPSA) is 79.5 Å². The van der Waals surface area contributed by atoms with Crippen LogP contribution in [0.25, 0.3) is 0 Å². The molecule has 1 aromatic carbocycles. The highest BCUT2D eigenvalue weighted by Gasteiger charge is 2.41. The molecule has 2 aromatic rings. The first-order valence-corrected chi connectivity index (χ1v) is 10.3. The van der Waals surface area contributed by atoms with Crippen LogP contribution in [0, 0.1) is 5.41 Å². The predicted octanol–water partition coefficient (Wildman–Crippen LogP) is 3.43. The van der Waals surface area contributed by atoms with Gasteiger partial charge >= 0.3 is 0 Å². The van der Waals surface area contributed by atoms with Gasteiger partial charge < -0.3 is 15.5 Å². The van der Waals surface area contributed by atoms with Crippen molar-refractivity contribution in [2.45, 2.75) is 38.8 Å². The second-order valence-corrected chi connectivity index (χ2v) is 8.30. The molecule has 8 heteroatoms. The van der Waals surface area contributed by atoms with Crippen LogP contribution in [0.2, 0.25) is 0 Å². The zero-order valence-electron chi connectivity index (χ0n) is 17.5. The molecule has 2 saturated heterocycles. The van der Waals surface area contributed by atoms with E-state index in [-0.39, 0.29) is 42.0 Å². The summed E-state index contributed by atoms with van der Waals surface area (Å²) in [5.41, 5.74) is 8.62. The highest BCUT2D eigenvalue weighted by Crippen LogP contribution is 2.40. The van der Waals surface area contributed by atoms with Gasteiger partial charge in [0.1, 0.15) is 0 Å². The molecule has 1 spiro atoms. The Kier molecular flexibility index (Phi) is 8.86. The van der Waals surface area contributed by atoms with Crippen LogP contribution >= 0.6 is 24.8 Å². The van der Waals surface area contributed by atoms with Crippen molar-refractivity contribution < 1.29 is 9.59 Å². The summed E-state index contributed by atoms with van der Waals surface area (Å²) in [5.74, 6) is 0.315. The number of halogens is 2. The number of likely N-dealkylation sites (tertiary alicyclic amines) is 2. The van der Waals surface area contributed by atoms with Crippen molar-refractivity contribution in [3.8, 4) is 0 Å². The number of benzene rings is 1. The SMILES string of the molecule is Cl.Cl.NCc1ccc(C(=O)N2CCC3(CCC(=O)N(Cc4ccncc4)C3)CC2)cc1. The quantitative estimate of drug-likeness (QED) is 0.751. The zero-order valence-corrected chi connectivity index (χ0v) is 19.2. The normalized spacial score (nSPS) is 17.6. The van der Waals surface area contributed by atoms with E-state index in [9.17, 15) is 9.59 Å². The lowest BCUT2D eigenvalue weighted by atomic mass is 9.72. The molecule has 2 aliphatic rings. The molecule has 3 heterocycles. The van der Waals surface area contributed by atoms with Gasteiger partial charge in [-0.3, -0.25) is 14.6 Å². The first-order valence-electron chi connectivity index (χ1n) is 10.3. The lowest BCUT2D eigenvalue weighted by Gasteiger charge is -2.47. The third-order valence-electron chi connectivity index (χ3n) is 6.42. The molecule has 2 N–H and O–H groups in total. The first kappa shape index (κ1) is 25.1. The smallest absolute Gasteiger partial charge is 0.253 e. The van der Waals surface area contributed by atoms with Gasteiger partial charge in [0.15, 0.2) is 0 Å². The molecule has 0 unspecified atom stereocenters. The van der Waals surface area contributed by atoms with Gasteiger partial charge in [0.05, 0.1) is 0 Å². The molecule has 0 atom stereocenters. The van der Waals surface area contributed by atoms with Crippen molar-refractivity contribution in [1.82, 2.24) is 14.8 Å². The van der Waals surface area contributed by atoms with E-state index in [1.165, 1.54) is 0 Å². The second-order valence-electron chi connectivity index (χ2n) is 8.30. The van der Waals surface area contributed by atoms with E-state index in [4.69, 9.17) is 5.73 Å². The van der Waals surface area contributed by atoms with Crippen LogP contribution in [0.15, 0.2) is 48.8 Å². The Hall–Kier alpha value is -2.15. The van der Waals surface area contributed by atoms with E-state index in [1.807, 2.05) is 46.2 Å². The molecule has 6 nitrogen and oxygen atoms in total. The van der Waals surface area contributed by atoms with Gasteiger partial charge in [-0.2, -0.15) is 0 Å². The van der Waals surface area contributed by atoms with E-state index >= 15 is 0 Å². The largest absolute Gasteiger partial charge is 0.339 e. The average Bonchev–Trinajstić information content (AvgIpc) is 2.77. The third-order valence-corrected chi connectivity index (χ3v) is 6.42. The first-order chi connectivity index (χ1) is 14.1. The number of amides is 2. The monoisotopic (exact) mass is 464 g/mol. The zero-order chi connectivity index (χ0) is 20.3. The highest BCUT2D eigenvalue weighted by molar-refractivity contribution is 5.94. The number of pyridine rings is 1. The Morgan fingerprint density at radius 2 is 1.61 bits per heavy atom. The Morgan fingerprint density at radius 3 is 2.23 bits per heavy atom. The van der Waals surface area contributed by atoms with Gasteiger partial charge in [0.2, 0.25) is 5.91 Å². The van der Waals surface area contributed by atoms with Crippen molar-refractivity contribution in [3.63, 3.8) is 0 Å². The fourth-order valence-electron chi connectivity index (χ4n) is 4.51. The van der Waals surface area contributed by atoms with Crippen LogP contribution in [-0.2, 0) is 17.9 Å². The second kappa shape index (κ2) is 10.9. The van der Waals surface area contributed by atoms with Gasteiger partial charge in [0, 0.05) is 57.1 Å². The lowest BCUT2D eigenvalue weighted by molar-refractivity contribution is -0.139. The summed E-state index contributed by atoms with van der Waals surface area (Å²) in [6, 6.07) is 11.5. The van der Waals surface area contributed by atoms with Crippen molar-refractivity contribution in [3.05, 3.63) is 65.5 Å².